The quantitative estimate of drug-likeness (QED) is 0.643. The number of hydrogen-bond acceptors (Lipinski definition) is 4. The monoisotopic (exact) mass is 289 g/mol. The number of hydrogen-bond donors (Lipinski definition) is 1. The van der Waals surface area contributed by atoms with Crippen molar-refractivity contribution >= 4 is 5.69 Å². The van der Waals surface area contributed by atoms with Crippen molar-refractivity contribution in [1.82, 2.24) is 5.32 Å². The van der Waals surface area contributed by atoms with Gasteiger partial charge in [-0.15, -0.1) is 0 Å². The van der Waals surface area contributed by atoms with Crippen LogP contribution >= 0.6 is 0 Å². The van der Waals surface area contributed by atoms with Crippen LogP contribution in [0, 0.1) is 26.9 Å². The largest absolute Gasteiger partial charge is 0.313 e. The summed E-state index contributed by atoms with van der Waals surface area (Å²) in [5.41, 5.74) is 1.25. The first kappa shape index (κ1) is 17.1. The maximum absolute atomic E-state index is 10.8. The van der Waals surface area contributed by atoms with Crippen molar-refractivity contribution in [3.63, 3.8) is 0 Å². The van der Waals surface area contributed by atoms with E-state index in [1.807, 2.05) is 0 Å². The third-order valence-electron chi connectivity index (χ3n) is 3.53. The zero-order valence-corrected chi connectivity index (χ0v) is 13.1. The first-order valence-electron chi connectivity index (χ1n) is 7.20. The standard InChI is InChI=1S/C16H23N3O2/c1-5-8-18-15(16(2,3)4)10-12-6-7-14(19(20)21)9-13(12)11-17/h6-7,9,15,18H,5,8,10H2,1-4H3. The highest BCUT2D eigenvalue weighted by Crippen LogP contribution is 2.25. The minimum atomic E-state index is -0.471. The zero-order valence-electron chi connectivity index (χ0n) is 13.1. The minimum absolute atomic E-state index is 0.0378. The molecule has 1 aromatic carbocycles. The molecule has 0 saturated carbocycles. The average molecular weight is 289 g/mol. The SMILES string of the molecule is CCCNC(Cc1ccc([N+](=O)[O-])cc1C#N)C(C)(C)C. The molecule has 114 valence electrons. The fourth-order valence-electron chi connectivity index (χ4n) is 2.18. The summed E-state index contributed by atoms with van der Waals surface area (Å²) >= 11 is 0. The van der Waals surface area contributed by atoms with Crippen molar-refractivity contribution in [2.75, 3.05) is 6.54 Å². The van der Waals surface area contributed by atoms with Crippen LogP contribution in [0.5, 0.6) is 0 Å². The Balaban J connectivity index is 3.03. The van der Waals surface area contributed by atoms with Gasteiger partial charge < -0.3 is 5.32 Å². The normalized spacial score (nSPS) is 12.7. The fourth-order valence-corrected chi connectivity index (χ4v) is 2.18. The van der Waals surface area contributed by atoms with Gasteiger partial charge in [-0.25, -0.2) is 0 Å². The van der Waals surface area contributed by atoms with Gasteiger partial charge in [-0.2, -0.15) is 5.26 Å². The second kappa shape index (κ2) is 7.19. The van der Waals surface area contributed by atoms with Crippen LogP contribution in [0.3, 0.4) is 0 Å². The van der Waals surface area contributed by atoms with Crippen molar-refractivity contribution in [2.45, 2.75) is 46.6 Å². The molecule has 0 aromatic heterocycles. The lowest BCUT2D eigenvalue weighted by Crippen LogP contribution is -2.42. The Morgan fingerprint density at radius 2 is 2.10 bits per heavy atom. The van der Waals surface area contributed by atoms with Gasteiger partial charge in [0.05, 0.1) is 16.6 Å². The first-order valence-corrected chi connectivity index (χ1v) is 7.20. The third kappa shape index (κ3) is 4.83. The van der Waals surface area contributed by atoms with Crippen LogP contribution in [0.1, 0.15) is 45.2 Å². The van der Waals surface area contributed by atoms with Crippen LogP contribution in [0.2, 0.25) is 0 Å². The summed E-state index contributed by atoms with van der Waals surface area (Å²) in [4.78, 5) is 10.3. The summed E-state index contributed by atoms with van der Waals surface area (Å²) in [6.07, 6.45) is 1.72. The summed E-state index contributed by atoms with van der Waals surface area (Å²) in [5, 5.41) is 23.5. The smallest absolute Gasteiger partial charge is 0.270 e. The molecule has 0 radical (unpaired) electrons. The number of nitriles is 1. The van der Waals surface area contributed by atoms with E-state index < -0.39 is 4.92 Å². The molecule has 21 heavy (non-hydrogen) atoms. The van der Waals surface area contributed by atoms with E-state index in [2.05, 4.69) is 39.1 Å². The Morgan fingerprint density at radius 3 is 2.57 bits per heavy atom. The van der Waals surface area contributed by atoms with Crippen molar-refractivity contribution in [3.8, 4) is 6.07 Å². The second-order valence-electron chi connectivity index (χ2n) is 6.29. The Labute approximate surface area is 126 Å². The van der Waals surface area contributed by atoms with E-state index in [9.17, 15) is 15.4 Å². The lowest BCUT2D eigenvalue weighted by Gasteiger charge is -2.32. The molecule has 5 heteroatoms. The summed E-state index contributed by atoms with van der Waals surface area (Å²) in [7, 11) is 0. The number of nitrogens with zero attached hydrogens (tertiary/aromatic N) is 2. The minimum Gasteiger partial charge on any atom is -0.313 e. The van der Waals surface area contributed by atoms with Crippen LogP contribution in [0.15, 0.2) is 18.2 Å². The van der Waals surface area contributed by atoms with Gasteiger partial charge in [0.2, 0.25) is 0 Å². The van der Waals surface area contributed by atoms with Gasteiger partial charge in [-0.3, -0.25) is 10.1 Å². The van der Waals surface area contributed by atoms with Crippen molar-refractivity contribution in [1.29, 1.82) is 5.26 Å². The molecule has 0 aliphatic heterocycles. The molecular formula is C16H23N3O2. The molecule has 0 bridgehead atoms. The van der Waals surface area contributed by atoms with Gasteiger partial charge in [0.15, 0.2) is 0 Å². The van der Waals surface area contributed by atoms with E-state index in [4.69, 9.17) is 0 Å². The van der Waals surface area contributed by atoms with Gasteiger partial charge in [0, 0.05) is 18.2 Å². The molecule has 0 spiro atoms. The fraction of sp³-hybridized carbons (Fsp3) is 0.562. The number of non-ortho nitro benzene ring substituents is 1. The molecule has 0 saturated heterocycles. The van der Waals surface area contributed by atoms with Crippen LogP contribution in [0.25, 0.3) is 0 Å². The summed E-state index contributed by atoms with van der Waals surface area (Å²) in [6, 6.07) is 6.81. The average Bonchev–Trinajstić information content (AvgIpc) is 2.41. The lowest BCUT2D eigenvalue weighted by molar-refractivity contribution is -0.384. The number of rotatable bonds is 6. The molecule has 1 aromatic rings. The molecule has 0 aliphatic rings. The molecule has 0 fully saturated rings. The number of benzene rings is 1. The van der Waals surface area contributed by atoms with Gasteiger partial charge in [-0.1, -0.05) is 33.8 Å². The topological polar surface area (TPSA) is 79.0 Å². The van der Waals surface area contributed by atoms with E-state index in [1.54, 1.807) is 6.07 Å². The van der Waals surface area contributed by atoms with E-state index >= 15 is 0 Å². The molecule has 1 atom stereocenters. The lowest BCUT2D eigenvalue weighted by atomic mass is 9.82. The molecule has 1 N–H and O–H groups in total. The van der Waals surface area contributed by atoms with Crippen LogP contribution in [-0.2, 0) is 6.42 Å². The van der Waals surface area contributed by atoms with Crippen molar-refractivity contribution in [3.05, 3.63) is 39.4 Å². The highest BCUT2D eigenvalue weighted by Gasteiger charge is 2.25. The number of nitro benzene ring substituents is 1. The van der Waals surface area contributed by atoms with Gasteiger partial charge in [0.1, 0.15) is 0 Å². The van der Waals surface area contributed by atoms with Crippen LogP contribution < -0.4 is 5.32 Å². The Morgan fingerprint density at radius 1 is 1.43 bits per heavy atom. The molecular weight excluding hydrogens is 266 g/mol. The highest BCUT2D eigenvalue weighted by atomic mass is 16.6. The summed E-state index contributed by atoms with van der Waals surface area (Å²) in [5.74, 6) is 0. The Bertz CT molecular complexity index is 541. The van der Waals surface area contributed by atoms with Gasteiger partial charge >= 0.3 is 0 Å². The zero-order chi connectivity index (χ0) is 16.0. The summed E-state index contributed by atoms with van der Waals surface area (Å²) in [6.45, 7) is 9.48. The molecule has 0 amide bonds. The maximum Gasteiger partial charge on any atom is 0.270 e. The van der Waals surface area contributed by atoms with Gasteiger partial charge in [-0.05, 0) is 30.4 Å². The van der Waals surface area contributed by atoms with E-state index in [0.29, 0.717) is 12.0 Å². The predicted molar refractivity (Wildman–Crippen MR) is 83.1 cm³/mol. The molecule has 0 heterocycles. The van der Waals surface area contributed by atoms with E-state index in [0.717, 1.165) is 18.5 Å². The van der Waals surface area contributed by atoms with E-state index in [1.165, 1.54) is 12.1 Å². The molecule has 1 unspecified atom stereocenters. The molecule has 0 aliphatic carbocycles. The summed E-state index contributed by atoms with van der Waals surface area (Å²) < 4.78 is 0. The molecule has 1 rings (SSSR count). The Kier molecular flexibility index (Phi) is 5.86. The van der Waals surface area contributed by atoms with Gasteiger partial charge in [0.25, 0.3) is 5.69 Å². The van der Waals surface area contributed by atoms with Crippen molar-refractivity contribution < 1.29 is 4.92 Å². The predicted octanol–water partition coefficient (Wildman–Crippen LogP) is 3.42. The Hall–Kier alpha value is -1.93. The van der Waals surface area contributed by atoms with Crippen LogP contribution in [-0.4, -0.2) is 17.5 Å². The number of nitro groups is 1. The molecule has 5 nitrogen and oxygen atoms in total. The third-order valence-corrected chi connectivity index (χ3v) is 3.53. The first-order chi connectivity index (χ1) is 9.79. The second-order valence-corrected chi connectivity index (χ2v) is 6.29. The number of nitrogens with one attached hydrogen (secondary N) is 1. The van der Waals surface area contributed by atoms with Crippen molar-refractivity contribution in [2.24, 2.45) is 5.41 Å². The maximum atomic E-state index is 10.8. The van der Waals surface area contributed by atoms with E-state index in [-0.39, 0.29) is 17.1 Å². The van der Waals surface area contributed by atoms with Crippen LogP contribution in [0.4, 0.5) is 5.69 Å². The highest BCUT2D eigenvalue weighted by molar-refractivity contribution is 5.46.